The quantitative estimate of drug-likeness (QED) is 0.783. The largest absolute Gasteiger partial charge is 0.454 e. The van der Waals surface area contributed by atoms with Crippen molar-refractivity contribution in [1.29, 1.82) is 0 Å². The number of hydrogen-bond acceptors (Lipinski definition) is 3. The molecule has 17 heavy (non-hydrogen) atoms. The fourth-order valence-corrected chi connectivity index (χ4v) is 2.29. The SMILES string of the molecule is Cc1ccc2c(c1)N/C(=C\C(=O)C(F)(F)F)S2. The summed E-state index contributed by atoms with van der Waals surface area (Å²) in [7, 11) is 0. The maximum atomic E-state index is 12.1. The van der Waals surface area contributed by atoms with Gasteiger partial charge in [-0.25, -0.2) is 0 Å². The number of ketones is 1. The first kappa shape index (κ1) is 12.0. The molecule has 0 aliphatic carbocycles. The summed E-state index contributed by atoms with van der Waals surface area (Å²) in [4.78, 5) is 11.6. The van der Waals surface area contributed by atoms with E-state index in [4.69, 9.17) is 0 Å². The second-order valence-corrected chi connectivity index (χ2v) is 4.68. The number of rotatable bonds is 1. The third-order valence-corrected chi connectivity index (χ3v) is 3.17. The van der Waals surface area contributed by atoms with E-state index >= 15 is 0 Å². The minimum atomic E-state index is -4.82. The Morgan fingerprint density at radius 3 is 2.76 bits per heavy atom. The van der Waals surface area contributed by atoms with Crippen LogP contribution in [0.5, 0.6) is 0 Å². The van der Waals surface area contributed by atoms with Gasteiger partial charge in [-0.3, -0.25) is 4.79 Å². The Morgan fingerprint density at radius 2 is 2.12 bits per heavy atom. The number of nitrogens with one attached hydrogen (secondary N) is 1. The van der Waals surface area contributed by atoms with E-state index in [1.54, 1.807) is 6.07 Å². The van der Waals surface area contributed by atoms with Crippen LogP contribution in [0.4, 0.5) is 18.9 Å². The van der Waals surface area contributed by atoms with E-state index in [0.717, 1.165) is 27.9 Å². The van der Waals surface area contributed by atoms with Crippen LogP contribution in [0.2, 0.25) is 0 Å². The van der Waals surface area contributed by atoms with Crippen molar-refractivity contribution < 1.29 is 18.0 Å². The van der Waals surface area contributed by atoms with Gasteiger partial charge in [-0.05, 0) is 24.6 Å². The van der Waals surface area contributed by atoms with Crippen LogP contribution in [-0.4, -0.2) is 12.0 Å². The van der Waals surface area contributed by atoms with Crippen molar-refractivity contribution in [2.45, 2.75) is 18.0 Å². The highest BCUT2D eigenvalue weighted by Crippen LogP contribution is 2.41. The molecule has 1 aliphatic heterocycles. The second kappa shape index (κ2) is 4.10. The van der Waals surface area contributed by atoms with Crippen LogP contribution >= 0.6 is 11.8 Å². The molecule has 0 aromatic heterocycles. The van der Waals surface area contributed by atoms with Crippen molar-refractivity contribution >= 4 is 23.2 Å². The smallest absolute Gasteiger partial charge is 0.349 e. The normalized spacial score (nSPS) is 16.8. The van der Waals surface area contributed by atoms with Crippen LogP contribution in [-0.2, 0) is 4.79 Å². The Kier molecular flexibility index (Phi) is 2.91. The molecule has 0 atom stereocenters. The average Bonchev–Trinajstić information content (AvgIpc) is 2.57. The van der Waals surface area contributed by atoms with Crippen LogP contribution in [0, 0.1) is 6.92 Å². The highest BCUT2D eigenvalue weighted by Gasteiger charge is 2.37. The highest BCUT2D eigenvalue weighted by molar-refractivity contribution is 8.03. The summed E-state index contributed by atoms with van der Waals surface area (Å²) in [5.41, 5.74) is 1.73. The van der Waals surface area contributed by atoms with Crippen LogP contribution in [0.1, 0.15) is 5.56 Å². The maximum Gasteiger partial charge on any atom is 0.454 e. The lowest BCUT2D eigenvalue weighted by molar-refractivity contribution is -0.165. The first-order valence-corrected chi connectivity index (χ1v) is 5.56. The summed E-state index contributed by atoms with van der Waals surface area (Å²) in [6, 6.07) is 5.49. The molecule has 1 aliphatic rings. The lowest BCUT2D eigenvalue weighted by atomic mass is 10.2. The topological polar surface area (TPSA) is 29.1 Å². The number of hydrogen-bond donors (Lipinski definition) is 1. The number of anilines is 1. The van der Waals surface area contributed by atoms with Gasteiger partial charge in [0.05, 0.1) is 10.7 Å². The fourth-order valence-electron chi connectivity index (χ4n) is 1.37. The van der Waals surface area contributed by atoms with E-state index in [9.17, 15) is 18.0 Å². The first-order chi connectivity index (χ1) is 7.86. The van der Waals surface area contributed by atoms with Crippen molar-refractivity contribution in [3.8, 4) is 0 Å². The maximum absolute atomic E-state index is 12.1. The third kappa shape index (κ3) is 2.63. The lowest BCUT2D eigenvalue weighted by Gasteiger charge is -2.02. The third-order valence-electron chi connectivity index (χ3n) is 2.15. The molecule has 1 N–H and O–H groups in total. The monoisotopic (exact) mass is 259 g/mol. The van der Waals surface area contributed by atoms with Crippen molar-refractivity contribution in [1.82, 2.24) is 0 Å². The number of alkyl halides is 3. The molecule has 0 saturated carbocycles. The van der Waals surface area contributed by atoms with E-state index in [2.05, 4.69) is 5.32 Å². The van der Waals surface area contributed by atoms with E-state index in [1.165, 1.54) is 0 Å². The molecule has 0 spiro atoms. The molecule has 0 amide bonds. The van der Waals surface area contributed by atoms with E-state index in [-0.39, 0.29) is 5.03 Å². The van der Waals surface area contributed by atoms with Crippen molar-refractivity contribution in [3.05, 3.63) is 34.9 Å². The molecule has 0 unspecified atom stereocenters. The van der Waals surface area contributed by atoms with Gasteiger partial charge in [0.15, 0.2) is 0 Å². The molecular weight excluding hydrogens is 251 g/mol. The Balaban J connectivity index is 2.21. The van der Waals surface area contributed by atoms with Gasteiger partial charge >= 0.3 is 6.18 Å². The number of benzene rings is 1. The Hall–Kier alpha value is -1.43. The minimum Gasteiger partial charge on any atom is -0.349 e. The number of allylic oxidation sites excluding steroid dienone is 1. The standard InChI is InChI=1S/C11H8F3NOS/c1-6-2-3-8-7(4-6)15-10(17-8)5-9(16)11(12,13)14/h2-5,15H,1H3/b10-5+. The van der Waals surface area contributed by atoms with Crippen LogP contribution in [0.3, 0.4) is 0 Å². The molecule has 1 heterocycles. The van der Waals surface area contributed by atoms with Crippen LogP contribution < -0.4 is 5.32 Å². The summed E-state index contributed by atoms with van der Waals surface area (Å²) >= 11 is 1.12. The number of carbonyl (C=O) groups excluding carboxylic acids is 1. The predicted molar refractivity (Wildman–Crippen MR) is 59.8 cm³/mol. The van der Waals surface area contributed by atoms with Gasteiger partial charge in [0.1, 0.15) is 0 Å². The second-order valence-electron chi connectivity index (χ2n) is 3.60. The average molecular weight is 259 g/mol. The summed E-state index contributed by atoms with van der Waals surface area (Å²) in [5.74, 6) is -1.85. The molecule has 6 heteroatoms. The molecule has 0 fully saturated rings. The summed E-state index contributed by atoms with van der Waals surface area (Å²) in [6.07, 6.45) is -4.24. The molecular formula is C11H8F3NOS. The first-order valence-electron chi connectivity index (χ1n) is 4.74. The van der Waals surface area contributed by atoms with E-state index in [1.807, 2.05) is 19.1 Å². The molecule has 0 saturated heterocycles. The molecule has 2 rings (SSSR count). The van der Waals surface area contributed by atoms with Crippen molar-refractivity contribution in [2.75, 3.05) is 5.32 Å². The number of aryl methyl sites for hydroxylation is 1. The van der Waals surface area contributed by atoms with Crippen molar-refractivity contribution in [2.24, 2.45) is 0 Å². The van der Waals surface area contributed by atoms with Gasteiger partial charge < -0.3 is 5.32 Å². The summed E-state index contributed by atoms with van der Waals surface area (Å²) in [6.45, 7) is 1.88. The van der Waals surface area contributed by atoms with Gasteiger partial charge in [-0.15, -0.1) is 0 Å². The zero-order valence-electron chi connectivity index (χ0n) is 8.76. The van der Waals surface area contributed by atoms with Crippen LogP contribution in [0.25, 0.3) is 0 Å². The fraction of sp³-hybridized carbons (Fsp3) is 0.182. The number of fused-ring (bicyclic) bond motifs is 1. The van der Waals surface area contributed by atoms with Gasteiger partial charge in [0.2, 0.25) is 0 Å². The number of halogens is 3. The molecule has 1 aromatic rings. The summed E-state index contributed by atoms with van der Waals surface area (Å²) in [5, 5.41) is 2.98. The van der Waals surface area contributed by atoms with Crippen molar-refractivity contribution in [3.63, 3.8) is 0 Å². The minimum absolute atomic E-state index is 0.202. The van der Waals surface area contributed by atoms with Gasteiger partial charge in [-0.2, -0.15) is 13.2 Å². The van der Waals surface area contributed by atoms with Gasteiger partial charge in [0, 0.05) is 11.0 Å². The lowest BCUT2D eigenvalue weighted by Crippen LogP contribution is -2.20. The molecule has 1 aromatic carbocycles. The number of carbonyl (C=O) groups is 1. The Morgan fingerprint density at radius 1 is 1.41 bits per heavy atom. The zero-order valence-corrected chi connectivity index (χ0v) is 9.58. The Bertz CT molecular complexity index is 508. The summed E-state index contributed by atoms with van der Waals surface area (Å²) < 4.78 is 36.2. The Labute approximate surface area is 99.9 Å². The molecule has 0 bridgehead atoms. The molecule has 90 valence electrons. The van der Waals surface area contributed by atoms with Gasteiger partial charge in [-0.1, -0.05) is 17.8 Å². The van der Waals surface area contributed by atoms with Gasteiger partial charge in [0.25, 0.3) is 5.78 Å². The zero-order chi connectivity index (χ0) is 12.6. The molecule has 0 radical (unpaired) electrons. The van der Waals surface area contributed by atoms with Crippen LogP contribution in [0.15, 0.2) is 34.2 Å². The predicted octanol–water partition coefficient (Wildman–Crippen LogP) is 3.49. The molecule has 2 nitrogen and oxygen atoms in total. The highest BCUT2D eigenvalue weighted by atomic mass is 32.2. The number of thioether (sulfide) groups is 1. The van der Waals surface area contributed by atoms with E-state index < -0.39 is 12.0 Å². The van der Waals surface area contributed by atoms with E-state index in [0.29, 0.717) is 6.08 Å².